The molecule has 9 nitrogen and oxygen atoms in total. The highest BCUT2D eigenvalue weighted by molar-refractivity contribution is 5.99. The molecule has 11 heteroatoms. The average molecular weight is 429 g/mol. The number of benzene rings is 1. The summed E-state index contributed by atoms with van der Waals surface area (Å²) in [6.07, 6.45) is 0.489. The molecule has 1 saturated carbocycles. The van der Waals surface area contributed by atoms with Gasteiger partial charge in [-0.3, -0.25) is 0 Å². The van der Waals surface area contributed by atoms with Gasteiger partial charge in [-0.05, 0) is 37.5 Å². The number of hydrogen-bond donors (Lipinski definition) is 3. The second-order valence-corrected chi connectivity index (χ2v) is 8.10. The molecule has 0 atom stereocenters. The molecule has 0 amide bonds. The van der Waals surface area contributed by atoms with Gasteiger partial charge in [0.1, 0.15) is 17.7 Å². The smallest absolute Gasteiger partial charge is 0.258 e. The highest BCUT2D eigenvalue weighted by atomic mass is 19.3. The third-order valence-corrected chi connectivity index (χ3v) is 5.53. The second kappa shape index (κ2) is 7.12. The Kier molecular flexibility index (Phi) is 4.50. The van der Waals surface area contributed by atoms with Gasteiger partial charge < -0.3 is 20.1 Å². The van der Waals surface area contributed by atoms with Crippen molar-refractivity contribution < 1.29 is 18.6 Å². The van der Waals surface area contributed by atoms with E-state index in [4.69, 9.17) is 4.74 Å². The number of H-pyrrole nitrogens is 1. The van der Waals surface area contributed by atoms with Gasteiger partial charge in [0.2, 0.25) is 11.8 Å². The lowest BCUT2D eigenvalue weighted by Crippen LogP contribution is -2.48. The molecule has 4 aromatic rings. The summed E-state index contributed by atoms with van der Waals surface area (Å²) in [5, 5.41) is 21.6. The van der Waals surface area contributed by atoms with E-state index in [1.165, 1.54) is 11.8 Å². The van der Waals surface area contributed by atoms with Crippen LogP contribution >= 0.6 is 0 Å². The highest BCUT2D eigenvalue weighted by Gasteiger charge is 2.38. The van der Waals surface area contributed by atoms with Gasteiger partial charge in [0.15, 0.2) is 0 Å². The van der Waals surface area contributed by atoms with Crippen LogP contribution in [-0.2, 0) is 6.54 Å². The fraction of sp³-hybridized carbons (Fsp3) is 0.400. The van der Waals surface area contributed by atoms with E-state index in [1.807, 2.05) is 6.07 Å². The molecule has 1 fully saturated rings. The number of halogens is 2. The quantitative estimate of drug-likeness (QED) is 0.432. The summed E-state index contributed by atoms with van der Waals surface area (Å²) in [5.41, 5.74) is 2.52. The molecule has 0 spiro atoms. The molecule has 0 radical (unpaired) electrons. The van der Waals surface area contributed by atoms with Gasteiger partial charge in [0.25, 0.3) is 6.43 Å². The summed E-state index contributed by atoms with van der Waals surface area (Å²) in [4.78, 5) is 12.2. The molecular weight excluding hydrogens is 408 g/mol. The predicted molar refractivity (Wildman–Crippen MR) is 110 cm³/mol. The molecule has 1 aromatic carbocycles. The zero-order chi connectivity index (χ0) is 21.8. The zero-order valence-corrected chi connectivity index (χ0v) is 16.9. The Morgan fingerprint density at radius 2 is 2.16 bits per heavy atom. The Hall–Kier alpha value is -3.34. The topological polar surface area (TPSA) is 114 Å². The highest BCUT2D eigenvalue weighted by Crippen LogP contribution is 2.37. The van der Waals surface area contributed by atoms with Crippen molar-refractivity contribution in [1.29, 1.82) is 0 Å². The first kappa shape index (κ1) is 19.6. The van der Waals surface area contributed by atoms with Crippen molar-refractivity contribution >= 4 is 28.0 Å². The molecule has 5 rings (SSSR count). The first-order chi connectivity index (χ1) is 14.8. The van der Waals surface area contributed by atoms with Crippen molar-refractivity contribution in [3.8, 4) is 17.0 Å². The molecule has 162 valence electrons. The van der Waals surface area contributed by atoms with Crippen LogP contribution in [0.25, 0.3) is 33.2 Å². The van der Waals surface area contributed by atoms with E-state index >= 15 is 0 Å². The maximum Gasteiger partial charge on any atom is 0.258 e. The van der Waals surface area contributed by atoms with Crippen molar-refractivity contribution in [2.45, 2.75) is 44.4 Å². The Labute approximate surface area is 175 Å². The van der Waals surface area contributed by atoms with Gasteiger partial charge in [0, 0.05) is 17.8 Å². The number of nitrogens with zero attached hydrogens (tertiary/aromatic N) is 5. The molecule has 3 aromatic heterocycles. The van der Waals surface area contributed by atoms with Gasteiger partial charge in [-0.15, -0.1) is 5.10 Å². The van der Waals surface area contributed by atoms with Crippen LogP contribution in [0, 0.1) is 0 Å². The molecule has 0 aliphatic heterocycles. The van der Waals surface area contributed by atoms with Gasteiger partial charge in [-0.25, -0.2) is 13.5 Å². The van der Waals surface area contributed by atoms with Crippen LogP contribution < -0.4 is 10.1 Å². The van der Waals surface area contributed by atoms with E-state index in [0.29, 0.717) is 46.7 Å². The van der Waals surface area contributed by atoms with Crippen molar-refractivity contribution in [2.75, 3.05) is 12.4 Å². The summed E-state index contributed by atoms with van der Waals surface area (Å²) in [5.74, 6) is 0.794. The number of anilines is 1. The fourth-order valence-electron chi connectivity index (χ4n) is 4.12. The first-order valence-electron chi connectivity index (χ1n) is 9.87. The second-order valence-electron chi connectivity index (χ2n) is 8.10. The van der Waals surface area contributed by atoms with E-state index < -0.39 is 18.6 Å². The van der Waals surface area contributed by atoms with Crippen molar-refractivity contribution in [2.24, 2.45) is 0 Å². The van der Waals surface area contributed by atoms with Crippen molar-refractivity contribution in [3.63, 3.8) is 0 Å². The minimum atomic E-state index is -2.53. The number of rotatable bonds is 6. The molecule has 0 saturated heterocycles. The van der Waals surface area contributed by atoms with E-state index in [9.17, 15) is 13.9 Å². The number of aromatic nitrogens is 6. The molecule has 3 N–H and O–H groups in total. The lowest BCUT2D eigenvalue weighted by molar-refractivity contribution is -0.0236. The largest absolute Gasteiger partial charge is 0.480 e. The third kappa shape index (κ3) is 3.54. The normalized spacial score (nSPS) is 21.0. The molecule has 1 aliphatic rings. The van der Waals surface area contributed by atoms with Crippen LogP contribution in [0.2, 0.25) is 0 Å². The van der Waals surface area contributed by atoms with Gasteiger partial charge in [-0.2, -0.15) is 9.97 Å². The number of fused-ring (bicyclic) bond motifs is 2. The maximum atomic E-state index is 12.9. The van der Waals surface area contributed by atoms with E-state index in [1.54, 1.807) is 25.3 Å². The van der Waals surface area contributed by atoms with Gasteiger partial charge in [-0.1, -0.05) is 11.3 Å². The Balaban J connectivity index is 1.53. The van der Waals surface area contributed by atoms with Crippen LogP contribution in [-0.4, -0.2) is 60.2 Å². The number of methoxy groups -OCH3 is 1. The van der Waals surface area contributed by atoms with Crippen LogP contribution in [0.5, 0.6) is 5.88 Å². The van der Waals surface area contributed by atoms with E-state index in [-0.39, 0.29) is 6.04 Å². The monoisotopic (exact) mass is 429 g/mol. The summed E-state index contributed by atoms with van der Waals surface area (Å²) in [6.45, 7) is 1.27. The number of aromatic amines is 1. The number of nitrogens with one attached hydrogen (secondary N) is 2. The van der Waals surface area contributed by atoms with E-state index in [0.717, 1.165) is 11.1 Å². The fourth-order valence-corrected chi connectivity index (χ4v) is 4.12. The summed E-state index contributed by atoms with van der Waals surface area (Å²) in [6, 6.07) is 5.44. The van der Waals surface area contributed by atoms with E-state index in [2.05, 4.69) is 30.6 Å². The third-order valence-electron chi connectivity index (χ3n) is 5.53. The Bertz CT molecular complexity index is 1260. The number of hydrogen-bond acceptors (Lipinski definition) is 7. The van der Waals surface area contributed by atoms with Crippen molar-refractivity contribution in [3.05, 3.63) is 24.4 Å². The predicted octanol–water partition coefficient (Wildman–Crippen LogP) is 2.97. The lowest BCUT2D eigenvalue weighted by Gasteiger charge is -2.41. The maximum absolute atomic E-state index is 12.9. The zero-order valence-electron chi connectivity index (χ0n) is 16.9. The Morgan fingerprint density at radius 3 is 2.87 bits per heavy atom. The minimum Gasteiger partial charge on any atom is -0.480 e. The number of aliphatic hydroxyl groups is 1. The summed E-state index contributed by atoms with van der Waals surface area (Å²) >= 11 is 0. The SMILES string of the molecule is COc1nc(NC2CC(C)(O)C2)nc2[nH]cc(-c3ccc4nnn(CC(F)F)c4c3)c12. The van der Waals surface area contributed by atoms with Gasteiger partial charge in [0.05, 0.1) is 23.6 Å². The summed E-state index contributed by atoms with van der Waals surface area (Å²) in [7, 11) is 1.53. The molecule has 31 heavy (non-hydrogen) atoms. The standard InChI is InChI=1S/C20H21F2N7O2/c1-20(30)6-11(7-20)24-19-25-17-16(18(26-19)31-2)12(8-23-17)10-3-4-13-14(5-10)29(28-27-13)9-15(21)22/h3-5,8,11,15,30H,6-7,9H2,1-2H3,(H2,23,24,25,26). The van der Waals surface area contributed by atoms with Gasteiger partial charge >= 0.3 is 0 Å². The lowest BCUT2D eigenvalue weighted by atomic mass is 9.77. The number of alkyl halides is 2. The molecule has 0 unspecified atom stereocenters. The minimum absolute atomic E-state index is 0.0941. The molecule has 3 heterocycles. The molecule has 1 aliphatic carbocycles. The van der Waals surface area contributed by atoms with Crippen LogP contribution in [0.1, 0.15) is 19.8 Å². The first-order valence-corrected chi connectivity index (χ1v) is 9.87. The van der Waals surface area contributed by atoms with Crippen LogP contribution in [0.3, 0.4) is 0 Å². The average Bonchev–Trinajstić information content (AvgIpc) is 3.29. The van der Waals surface area contributed by atoms with Crippen LogP contribution in [0.4, 0.5) is 14.7 Å². The van der Waals surface area contributed by atoms with Crippen LogP contribution in [0.15, 0.2) is 24.4 Å². The van der Waals surface area contributed by atoms with Crippen molar-refractivity contribution in [1.82, 2.24) is 29.9 Å². The molecular formula is C20H21F2N7O2. The summed E-state index contributed by atoms with van der Waals surface area (Å²) < 4.78 is 32.4. The molecule has 0 bridgehead atoms. The number of ether oxygens (including phenoxy) is 1. The Morgan fingerprint density at radius 1 is 1.35 bits per heavy atom.